The lowest BCUT2D eigenvalue weighted by molar-refractivity contribution is -0.119. The van der Waals surface area contributed by atoms with Gasteiger partial charge in [0.15, 0.2) is 12.3 Å². The number of rotatable bonds is 1. The third-order valence-electron chi connectivity index (χ3n) is 3.07. The lowest BCUT2D eigenvalue weighted by atomic mass is 10.1. The smallest absolute Gasteiger partial charge is 0.297 e. The van der Waals surface area contributed by atoms with E-state index in [9.17, 15) is 9.90 Å². The zero-order chi connectivity index (χ0) is 11.3. The number of aliphatic imine (C=N–C) groups is 1. The van der Waals surface area contributed by atoms with E-state index in [0.29, 0.717) is 13.0 Å². The molecular formula is C9H12N2O5. The Balaban J connectivity index is 1.85. The molecule has 4 atom stereocenters. The fraction of sp³-hybridized carbons (Fsp3) is 0.778. The van der Waals surface area contributed by atoms with E-state index in [-0.39, 0.29) is 18.5 Å². The number of ether oxygens (including phenoxy) is 2. The van der Waals surface area contributed by atoms with Gasteiger partial charge in [-0.15, -0.1) is 0 Å². The molecule has 0 spiro atoms. The normalized spacial score (nSPS) is 41.5. The summed E-state index contributed by atoms with van der Waals surface area (Å²) in [5.74, 6) is -0.223. The molecule has 0 aromatic rings. The van der Waals surface area contributed by atoms with Gasteiger partial charge in [0.25, 0.3) is 11.9 Å². The first kappa shape index (κ1) is 10.0. The quantitative estimate of drug-likeness (QED) is 0.542. The maximum Gasteiger partial charge on any atom is 0.297 e. The van der Waals surface area contributed by atoms with Crippen LogP contribution in [0.4, 0.5) is 0 Å². The Kier molecular flexibility index (Phi) is 2.13. The maximum atomic E-state index is 11.1. The van der Waals surface area contributed by atoms with E-state index < -0.39 is 24.5 Å². The highest BCUT2D eigenvalue weighted by atomic mass is 16.6. The molecule has 3 rings (SSSR count). The molecule has 2 saturated heterocycles. The number of hydrogen-bond acceptors (Lipinski definition) is 6. The molecular weight excluding hydrogens is 216 g/mol. The molecule has 2 N–H and O–H groups in total. The Morgan fingerprint density at radius 3 is 3.12 bits per heavy atom. The van der Waals surface area contributed by atoms with Crippen molar-refractivity contribution in [2.45, 2.75) is 31.0 Å². The number of fused-ring (bicyclic) bond motifs is 3. The van der Waals surface area contributed by atoms with Crippen molar-refractivity contribution in [3.05, 3.63) is 0 Å². The van der Waals surface area contributed by atoms with Crippen molar-refractivity contribution in [3.63, 3.8) is 0 Å². The van der Waals surface area contributed by atoms with Crippen molar-refractivity contribution >= 4 is 11.9 Å². The third kappa shape index (κ3) is 1.25. The van der Waals surface area contributed by atoms with Crippen LogP contribution in [0.5, 0.6) is 0 Å². The predicted octanol–water partition coefficient (Wildman–Crippen LogP) is -1.95. The summed E-state index contributed by atoms with van der Waals surface area (Å²) in [5, 5.41) is 18.8. The van der Waals surface area contributed by atoms with Crippen molar-refractivity contribution in [1.29, 1.82) is 0 Å². The average molecular weight is 228 g/mol. The van der Waals surface area contributed by atoms with Gasteiger partial charge in [-0.05, 0) is 0 Å². The number of aliphatic hydroxyl groups excluding tert-OH is 2. The lowest BCUT2D eigenvalue weighted by Gasteiger charge is -2.24. The first-order valence-corrected chi connectivity index (χ1v) is 5.20. The molecule has 3 heterocycles. The van der Waals surface area contributed by atoms with Crippen molar-refractivity contribution in [1.82, 2.24) is 4.90 Å². The molecule has 7 heteroatoms. The summed E-state index contributed by atoms with van der Waals surface area (Å²) in [5.41, 5.74) is 0. The molecule has 0 radical (unpaired) electrons. The minimum absolute atomic E-state index is 0.223. The summed E-state index contributed by atoms with van der Waals surface area (Å²) in [6.45, 7) is 0.223. The van der Waals surface area contributed by atoms with Gasteiger partial charge in [0.2, 0.25) is 0 Å². The zero-order valence-corrected chi connectivity index (χ0v) is 8.44. The second-order valence-electron chi connectivity index (χ2n) is 4.05. The molecule has 1 amide bonds. The van der Waals surface area contributed by atoms with Crippen LogP contribution in [-0.2, 0) is 14.3 Å². The molecule has 3 aliphatic heterocycles. The number of carbonyl (C=O) groups is 1. The van der Waals surface area contributed by atoms with E-state index in [0.717, 1.165) is 0 Å². The number of carbonyl (C=O) groups excluding carboxylic acids is 1. The molecule has 88 valence electrons. The van der Waals surface area contributed by atoms with Crippen molar-refractivity contribution in [2.24, 2.45) is 4.99 Å². The molecule has 0 bridgehead atoms. The van der Waals surface area contributed by atoms with E-state index >= 15 is 0 Å². The van der Waals surface area contributed by atoms with E-state index in [2.05, 4.69) is 4.99 Å². The van der Waals surface area contributed by atoms with E-state index in [1.165, 1.54) is 0 Å². The SMILES string of the molecule is O=C1CCN2C(=N1)OC1C(O)[C@@H](CO)O[C@H]12. The number of amidine groups is 1. The largest absolute Gasteiger partial charge is 0.454 e. The van der Waals surface area contributed by atoms with E-state index in [1.54, 1.807) is 4.90 Å². The van der Waals surface area contributed by atoms with Crippen LogP contribution in [0.1, 0.15) is 6.42 Å². The first-order chi connectivity index (χ1) is 7.70. The Hall–Kier alpha value is -1.18. The first-order valence-electron chi connectivity index (χ1n) is 5.20. The van der Waals surface area contributed by atoms with Crippen molar-refractivity contribution < 1.29 is 24.5 Å². The minimum atomic E-state index is -0.890. The molecule has 3 aliphatic rings. The standard InChI is InChI=1S/C9H12N2O5/c12-3-4-6(14)7-8(15-4)11-2-1-5(13)10-9(11)16-7/h4,6-8,12,14H,1-3H2/t4-,6?,7?,8-/m1/s1. The third-order valence-corrected chi connectivity index (χ3v) is 3.07. The van der Waals surface area contributed by atoms with Crippen LogP contribution in [0.3, 0.4) is 0 Å². The number of nitrogens with zero attached hydrogens (tertiary/aromatic N) is 2. The van der Waals surface area contributed by atoms with Gasteiger partial charge in [-0.2, -0.15) is 4.99 Å². The van der Waals surface area contributed by atoms with Crippen LogP contribution >= 0.6 is 0 Å². The van der Waals surface area contributed by atoms with Crippen molar-refractivity contribution in [2.75, 3.05) is 13.2 Å². The van der Waals surface area contributed by atoms with E-state index in [4.69, 9.17) is 14.6 Å². The Bertz CT molecular complexity index is 358. The van der Waals surface area contributed by atoms with Gasteiger partial charge in [-0.25, -0.2) is 0 Å². The Morgan fingerprint density at radius 1 is 1.56 bits per heavy atom. The molecule has 16 heavy (non-hydrogen) atoms. The highest BCUT2D eigenvalue weighted by molar-refractivity contribution is 5.93. The summed E-state index contributed by atoms with van der Waals surface area (Å²) in [6, 6.07) is 0.224. The summed E-state index contributed by atoms with van der Waals surface area (Å²) in [6.07, 6.45) is -2.22. The highest BCUT2D eigenvalue weighted by Crippen LogP contribution is 2.33. The van der Waals surface area contributed by atoms with Crippen LogP contribution in [-0.4, -0.2) is 64.7 Å². The van der Waals surface area contributed by atoms with Gasteiger partial charge in [-0.3, -0.25) is 9.69 Å². The van der Waals surface area contributed by atoms with Gasteiger partial charge in [0.1, 0.15) is 12.2 Å². The number of hydrogen-bond donors (Lipinski definition) is 2. The van der Waals surface area contributed by atoms with Gasteiger partial charge in [-0.1, -0.05) is 0 Å². The number of aliphatic hydroxyl groups is 2. The van der Waals surface area contributed by atoms with Gasteiger partial charge >= 0.3 is 0 Å². The van der Waals surface area contributed by atoms with Crippen molar-refractivity contribution in [3.8, 4) is 0 Å². The zero-order valence-electron chi connectivity index (χ0n) is 8.44. The molecule has 0 aliphatic carbocycles. The summed E-state index contributed by atoms with van der Waals surface area (Å²) >= 11 is 0. The molecule has 2 unspecified atom stereocenters. The van der Waals surface area contributed by atoms with Gasteiger partial charge < -0.3 is 19.7 Å². The Morgan fingerprint density at radius 2 is 2.38 bits per heavy atom. The summed E-state index contributed by atoms with van der Waals surface area (Å²) < 4.78 is 10.8. The lowest BCUT2D eigenvalue weighted by Crippen LogP contribution is -2.40. The van der Waals surface area contributed by atoms with Gasteiger partial charge in [0.05, 0.1) is 6.61 Å². The van der Waals surface area contributed by atoms with E-state index in [1.807, 2.05) is 0 Å². The Labute approximate surface area is 91.3 Å². The fourth-order valence-corrected chi connectivity index (χ4v) is 2.24. The monoisotopic (exact) mass is 228 g/mol. The molecule has 2 fully saturated rings. The molecule has 0 saturated carbocycles. The molecule has 0 aromatic heterocycles. The molecule has 0 aromatic carbocycles. The molecule has 7 nitrogen and oxygen atoms in total. The number of amides is 1. The van der Waals surface area contributed by atoms with Crippen LogP contribution in [0, 0.1) is 0 Å². The van der Waals surface area contributed by atoms with Crippen LogP contribution < -0.4 is 0 Å². The average Bonchev–Trinajstić information content (AvgIpc) is 2.75. The second-order valence-corrected chi connectivity index (χ2v) is 4.05. The predicted molar refractivity (Wildman–Crippen MR) is 50.4 cm³/mol. The fourth-order valence-electron chi connectivity index (χ4n) is 2.24. The van der Waals surface area contributed by atoms with Crippen LogP contribution in [0.2, 0.25) is 0 Å². The minimum Gasteiger partial charge on any atom is -0.454 e. The summed E-state index contributed by atoms with van der Waals surface area (Å²) in [7, 11) is 0. The van der Waals surface area contributed by atoms with Crippen LogP contribution in [0.15, 0.2) is 4.99 Å². The summed E-state index contributed by atoms with van der Waals surface area (Å²) in [4.78, 5) is 16.5. The van der Waals surface area contributed by atoms with Gasteiger partial charge in [0, 0.05) is 13.0 Å². The topological polar surface area (TPSA) is 91.6 Å². The maximum absolute atomic E-state index is 11.1. The van der Waals surface area contributed by atoms with Crippen LogP contribution in [0.25, 0.3) is 0 Å². The highest BCUT2D eigenvalue weighted by Gasteiger charge is 2.54. The second kappa shape index (κ2) is 3.41.